The van der Waals surface area contributed by atoms with Crippen LogP contribution in [-0.2, 0) is 9.84 Å². The zero-order valence-electron chi connectivity index (χ0n) is 10.8. The molecule has 1 N–H and O–H groups in total. The molecule has 1 heterocycles. The molecule has 0 aromatic carbocycles. The molecule has 3 unspecified atom stereocenters. The van der Waals surface area contributed by atoms with Crippen LogP contribution < -0.4 is 5.32 Å². The first kappa shape index (κ1) is 13.8. The van der Waals surface area contributed by atoms with E-state index in [1.165, 1.54) is 12.8 Å². The molecule has 5 heteroatoms. The predicted molar refractivity (Wildman–Crippen MR) is 70.7 cm³/mol. The van der Waals surface area contributed by atoms with Crippen LogP contribution in [0.4, 0.5) is 0 Å². The first-order chi connectivity index (χ1) is 8.61. The minimum Gasteiger partial charge on any atom is -0.312 e. The third-order valence-electron chi connectivity index (χ3n) is 4.18. The van der Waals surface area contributed by atoms with Crippen molar-refractivity contribution in [2.24, 2.45) is 11.8 Å². The molecular weight excluding hydrogens is 248 g/mol. The number of nitrogens with one attached hydrogen (secondary N) is 1. The van der Waals surface area contributed by atoms with E-state index in [0.717, 1.165) is 32.2 Å². The molecule has 0 spiro atoms. The summed E-state index contributed by atoms with van der Waals surface area (Å²) in [5.41, 5.74) is 0. The Morgan fingerprint density at radius 2 is 1.94 bits per heavy atom. The highest BCUT2D eigenvalue weighted by atomic mass is 32.2. The van der Waals surface area contributed by atoms with Crippen molar-refractivity contribution in [3.63, 3.8) is 0 Å². The van der Waals surface area contributed by atoms with Gasteiger partial charge in [-0.05, 0) is 31.7 Å². The maximum Gasteiger partial charge on any atom is 0.150 e. The van der Waals surface area contributed by atoms with Crippen LogP contribution in [-0.4, -0.2) is 32.5 Å². The molecule has 4 nitrogen and oxygen atoms in total. The van der Waals surface area contributed by atoms with Crippen molar-refractivity contribution in [3.8, 4) is 6.07 Å². The molecular formula is C13H22N2O2S. The summed E-state index contributed by atoms with van der Waals surface area (Å²) in [6.07, 6.45) is 6.36. The van der Waals surface area contributed by atoms with Crippen molar-refractivity contribution in [2.75, 3.05) is 18.1 Å². The van der Waals surface area contributed by atoms with Crippen LogP contribution in [0.15, 0.2) is 0 Å². The maximum atomic E-state index is 11.4. The number of hydrogen-bond donors (Lipinski definition) is 1. The van der Waals surface area contributed by atoms with Crippen LogP contribution in [0.3, 0.4) is 0 Å². The molecule has 2 rings (SSSR count). The molecule has 0 aromatic heterocycles. The van der Waals surface area contributed by atoms with Gasteiger partial charge in [0.15, 0.2) is 9.84 Å². The molecule has 102 valence electrons. The second kappa shape index (κ2) is 6.03. The Morgan fingerprint density at radius 1 is 1.17 bits per heavy atom. The Morgan fingerprint density at radius 3 is 2.61 bits per heavy atom. The summed E-state index contributed by atoms with van der Waals surface area (Å²) < 4.78 is 22.8. The van der Waals surface area contributed by atoms with Crippen LogP contribution in [0, 0.1) is 23.2 Å². The number of rotatable bonds is 3. The smallest absolute Gasteiger partial charge is 0.150 e. The first-order valence-corrected chi connectivity index (χ1v) is 8.76. The topological polar surface area (TPSA) is 70.0 Å². The molecule has 0 amide bonds. The zero-order valence-corrected chi connectivity index (χ0v) is 11.6. The van der Waals surface area contributed by atoms with E-state index in [1.807, 2.05) is 0 Å². The van der Waals surface area contributed by atoms with Gasteiger partial charge in [-0.2, -0.15) is 5.26 Å². The van der Waals surface area contributed by atoms with Gasteiger partial charge in [0, 0.05) is 6.04 Å². The molecule has 2 fully saturated rings. The van der Waals surface area contributed by atoms with Crippen molar-refractivity contribution >= 4 is 9.84 Å². The van der Waals surface area contributed by atoms with Crippen molar-refractivity contribution in [1.82, 2.24) is 5.32 Å². The van der Waals surface area contributed by atoms with Gasteiger partial charge in [0.2, 0.25) is 0 Å². The lowest BCUT2D eigenvalue weighted by Gasteiger charge is -2.22. The second-order valence-electron chi connectivity index (χ2n) is 5.66. The fourth-order valence-electron chi connectivity index (χ4n) is 3.06. The number of nitrogens with zero attached hydrogens (tertiary/aromatic N) is 1. The molecule has 0 radical (unpaired) electrons. The summed E-state index contributed by atoms with van der Waals surface area (Å²) in [4.78, 5) is 0. The van der Waals surface area contributed by atoms with Crippen LogP contribution in [0.5, 0.6) is 0 Å². The third-order valence-corrected chi connectivity index (χ3v) is 6.01. The van der Waals surface area contributed by atoms with Gasteiger partial charge in [0.1, 0.15) is 0 Å². The fraction of sp³-hybridized carbons (Fsp3) is 0.923. The van der Waals surface area contributed by atoms with Crippen LogP contribution in [0.25, 0.3) is 0 Å². The molecule has 18 heavy (non-hydrogen) atoms. The third kappa shape index (κ3) is 3.69. The first-order valence-electron chi connectivity index (χ1n) is 6.94. The normalized spacial score (nSPS) is 35.8. The van der Waals surface area contributed by atoms with Gasteiger partial charge in [-0.15, -0.1) is 0 Å². The minimum absolute atomic E-state index is 0.102. The quantitative estimate of drug-likeness (QED) is 0.789. The lowest BCUT2D eigenvalue weighted by Crippen LogP contribution is -2.38. The molecule has 1 aliphatic heterocycles. The fourth-order valence-corrected chi connectivity index (χ4v) is 4.92. The monoisotopic (exact) mass is 270 g/mol. The molecule has 3 atom stereocenters. The van der Waals surface area contributed by atoms with Crippen molar-refractivity contribution in [1.29, 1.82) is 5.26 Å². The Kier molecular flexibility index (Phi) is 4.63. The Balaban J connectivity index is 1.83. The molecule has 0 bridgehead atoms. The minimum atomic E-state index is -2.78. The van der Waals surface area contributed by atoms with Gasteiger partial charge < -0.3 is 5.32 Å². The van der Waals surface area contributed by atoms with E-state index >= 15 is 0 Å². The summed E-state index contributed by atoms with van der Waals surface area (Å²) in [7, 11) is -2.78. The van der Waals surface area contributed by atoms with Gasteiger partial charge in [-0.3, -0.25) is 0 Å². The highest BCUT2D eigenvalue weighted by molar-refractivity contribution is 7.91. The van der Waals surface area contributed by atoms with Crippen LogP contribution in [0.2, 0.25) is 0 Å². The second-order valence-corrected chi connectivity index (χ2v) is 7.89. The molecule has 1 aliphatic carbocycles. The predicted octanol–water partition coefficient (Wildman–Crippen LogP) is 1.48. The van der Waals surface area contributed by atoms with E-state index in [2.05, 4.69) is 11.4 Å². The maximum absolute atomic E-state index is 11.4. The van der Waals surface area contributed by atoms with Gasteiger partial charge in [0.05, 0.1) is 23.5 Å². The Bertz CT molecular complexity index is 413. The lowest BCUT2D eigenvalue weighted by atomic mass is 9.95. The van der Waals surface area contributed by atoms with Crippen LogP contribution >= 0.6 is 0 Å². The standard InChI is InChI=1S/C13H22N2O2S/c14-8-12-4-2-1-3-5-13(12)15-9-11-6-7-18(16,17)10-11/h11-13,15H,1-7,9-10H2. The van der Waals surface area contributed by atoms with Gasteiger partial charge in [0.25, 0.3) is 0 Å². The highest BCUT2D eigenvalue weighted by Crippen LogP contribution is 2.24. The van der Waals surface area contributed by atoms with E-state index in [9.17, 15) is 13.7 Å². The van der Waals surface area contributed by atoms with Gasteiger partial charge in [-0.1, -0.05) is 19.3 Å². The summed E-state index contributed by atoms with van der Waals surface area (Å²) >= 11 is 0. The summed E-state index contributed by atoms with van der Waals surface area (Å²) in [6, 6.07) is 2.67. The lowest BCUT2D eigenvalue weighted by molar-refractivity contribution is 0.368. The van der Waals surface area contributed by atoms with E-state index < -0.39 is 9.84 Å². The van der Waals surface area contributed by atoms with E-state index in [0.29, 0.717) is 11.5 Å². The molecule has 1 saturated heterocycles. The number of sulfone groups is 1. The van der Waals surface area contributed by atoms with Crippen molar-refractivity contribution in [3.05, 3.63) is 0 Å². The van der Waals surface area contributed by atoms with E-state index in [1.54, 1.807) is 0 Å². The SMILES string of the molecule is N#CC1CCCCCC1NCC1CCS(=O)(=O)C1. The summed E-state index contributed by atoms with van der Waals surface area (Å²) in [5, 5.41) is 12.6. The van der Waals surface area contributed by atoms with Gasteiger partial charge >= 0.3 is 0 Å². The molecule has 2 aliphatic rings. The zero-order chi connectivity index (χ0) is 13.0. The average Bonchev–Trinajstić information content (AvgIpc) is 2.56. The average molecular weight is 270 g/mol. The number of nitriles is 1. The summed E-state index contributed by atoms with van der Waals surface area (Å²) in [6.45, 7) is 0.752. The largest absolute Gasteiger partial charge is 0.312 e. The Labute approximate surface area is 110 Å². The van der Waals surface area contributed by atoms with Gasteiger partial charge in [-0.25, -0.2) is 8.42 Å². The van der Waals surface area contributed by atoms with Crippen molar-refractivity contribution < 1.29 is 8.42 Å². The Hall–Kier alpha value is -0.600. The number of hydrogen-bond acceptors (Lipinski definition) is 4. The summed E-state index contributed by atoms with van der Waals surface area (Å²) in [5.74, 6) is 1.01. The van der Waals surface area contributed by atoms with E-state index in [-0.39, 0.29) is 17.9 Å². The van der Waals surface area contributed by atoms with Crippen LogP contribution in [0.1, 0.15) is 38.5 Å². The highest BCUT2D eigenvalue weighted by Gasteiger charge is 2.29. The molecule has 0 aromatic rings. The molecule has 1 saturated carbocycles. The van der Waals surface area contributed by atoms with E-state index in [4.69, 9.17) is 0 Å². The van der Waals surface area contributed by atoms with Crippen molar-refractivity contribution in [2.45, 2.75) is 44.6 Å².